The normalized spacial score (nSPS) is 17.7. The molecule has 2 N–H and O–H groups in total. The highest BCUT2D eigenvalue weighted by atomic mass is 16.7. The van der Waals surface area contributed by atoms with Crippen molar-refractivity contribution in [2.75, 3.05) is 0 Å². The van der Waals surface area contributed by atoms with Crippen LogP contribution in [-0.4, -0.2) is 77.0 Å². The molecule has 6 aliphatic heterocycles. The summed E-state index contributed by atoms with van der Waals surface area (Å²) in [6.45, 7) is 49.7. The Morgan fingerprint density at radius 1 is 0.322 bits per heavy atom. The monoisotopic (exact) mass is 1650 g/mol. The molecule has 17 nitrogen and oxygen atoms in total. The summed E-state index contributed by atoms with van der Waals surface area (Å²) in [6, 6.07) is 56.8. The fourth-order valence-corrected chi connectivity index (χ4v) is 21.2. The predicted octanol–water partition coefficient (Wildman–Crippen LogP) is 24.4. The molecule has 648 valence electrons. The van der Waals surface area contributed by atoms with Gasteiger partial charge >= 0.3 is 29.8 Å². The van der Waals surface area contributed by atoms with E-state index in [1.165, 1.54) is 63.3 Å². The number of carboxylic acids is 1. The van der Waals surface area contributed by atoms with E-state index < -0.39 is 29.0 Å². The minimum Gasteiger partial charge on any atom is -0.478 e. The van der Waals surface area contributed by atoms with E-state index in [1.807, 2.05) is 66.4 Å². The number of aromatic carboxylic acids is 1. The minimum absolute atomic E-state index is 0.142. The van der Waals surface area contributed by atoms with E-state index in [9.17, 15) is 43.9 Å². The summed E-state index contributed by atoms with van der Waals surface area (Å²) in [5.74, 6) is -3.02. The second-order valence-electron chi connectivity index (χ2n) is 33.7. The van der Waals surface area contributed by atoms with Crippen molar-refractivity contribution < 1.29 is 58.3 Å². The summed E-state index contributed by atoms with van der Waals surface area (Å²) in [7, 11) is 0. The molecule has 2 amide bonds. The maximum atomic E-state index is 12.3. The predicted molar refractivity (Wildman–Crippen MR) is 481 cm³/mol. The number of hydrogen-bond donors (Lipinski definition) is 2. The number of nitrogens with zero attached hydrogens (tertiary/aromatic N) is 5. The van der Waals surface area contributed by atoms with E-state index in [2.05, 4.69) is 226 Å². The van der Waals surface area contributed by atoms with Crippen LogP contribution in [0.4, 0.5) is 0 Å². The molecule has 17 heteroatoms. The molecule has 6 heterocycles. The average molecular weight is 1650 g/mol. The molecule has 0 unspecified atom stereocenters. The number of carboxylic acid groups (broad SMARTS) is 1. The number of fused-ring (bicyclic) bond motifs is 6. The van der Waals surface area contributed by atoms with Crippen molar-refractivity contribution in [1.82, 2.24) is 25.0 Å². The smallest absolute Gasteiger partial charge is 0.346 e. The van der Waals surface area contributed by atoms with Crippen molar-refractivity contribution in [3.8, 4) is 0 Å². The van der Waals surface area contributed by atoms with Crippen LogP contribution in [0.5, 0.6) is 0 Å². The summed E-state index contributed by atoms with van der Waals surface area (Å²) in [5.41, 5.74) is 19.3. The molecular formula is C104H135N5O12. The summed E-state index contributed by atoms with van der Waals surface area (Å²) in [5, 5.41) is 26.0. The first-order chi connectivity index (χ1) is 57.7. The summed E-state index contributed by atoms with van der Waals surface area (Å²) in [4.78, 5) is 97.2. The maximum Gasteiger partial charge on any atom is 0.346 e. The third kappa shape index (κ3) is 16.9. The lowest BCUT2D eigenvalue weighted by Gasteiger charge is -2.47. The first kappa shape index (κ1) is 95.1. The standard InChI is InChI=1S/C24H33N.C19H27NO4.C19H29NO2.C17H27NO.C16H13NO2.C9H6O3/c1-6-23(7-2)21-16-15-19(5)17-22(21)24(8-3,9-4)25(23)18-20-13-11-10-12-14-20;1-6-18(7-2)15-11-10-14(17(22)23)12-16(15)19(8-3,9-4)20(18)24-13(5)21;1-7-18(8-2)16-12-11-14(5)13-17(16)19(9-3,10-4)20(18)22-15(6)21;1-6-16(7-2)14-11-10-13(5)12-15(14)17(8-3,9-4)18(16)19;1-11-7-8-13-14(9-11)16(19)17(15(13)18)10-12-5-3-2-4-6-12;1-5-2-3-6-7(4-5)9(11)12-8(6)10/h10-17H,6-9,18H2,1-5H3;10-12H,6-9H2,1-5H3,(H,22,23);11-13H,7-10H2,1-6H3;10-12,19H,6-9H2,1-5H3;2-9H,10H2,1H3;2-4H,1H3. The van der Waals surface area contributed by atoms with Crippen LogP contribution < -0.4 is 0 Å². The van der Waals surface area contributed by atoms with Gasteiger partial charge in [-0.25, -0.2) is 14.4 Å². The molecule has 0 aromatic heterocycles. The van der Waals surface area contributed by atoms with Crippen LogP contribution in [0.2, 0.25) is 0 Å². The first-order valence-electron chi connectivity index (χ1n) is 44.6. The van der Waals surface area contributed by atoms with Crippen LogP contribution >= 0.6 is 0 Å². The molecule has 6 aliphatic rings. The number of hydrogen-bond acceptors (Lipinski definition) is 15. The molecule has 0 saturated carbocycles. The number of rotatable bonds is 23. The number of benzene rings is 8. The van der Waals surface area contributed by atoms with Gasteiger partial charge in [-0.15, -0.1) is 10.1 Å². The van der Waals surface area contributed by atoms with Gasteiger partial charge in [-0.2, -0.15) is 5.06 Å². The Kier molecular flexibility index (Phi) is 30.8. The lowest BCUT2D eigenvalue weighted by molar-refractivity contribution is -0.264. The van der Waals surface area contributed by atoms with Crippen molar-refractivity contribution >= 4 is 41.7 Å². The number of aryl methyl sites for hydroxylation is 5. The first-order valence-corrected chi connectivity index (χ1v) is 44.6. The molecule has 0 aliphatic carbocycles. The molecule has 0 spiro atoms. The Balaban J connectivity index is 0.000000167. The van der Waals surface area contributed by atoms with E-state index in [-0.39, 0.29) is 62.5 Å². The number of ether oxygens (including phenoxy) is 1. The summed E-state index contributed by atoms with van der Waals surface area (Å²) < 4.78 is 4.41. The van der Waals surface area contributed by atoms with Gasteiger partial charge in [0, 0.05) is 31.5 Å². The molecule has 0 bridgehead atoms. The number of carbonyl (C=O) groups excluding carboxylic acids is 6. The lowest BCUT2D eigenvalue weighted by atomic mass is 9.82. The molecule has 121 heavy (non-hydrogen) atoms. The van der Waals surface area contributed by atoms with Crippen LogP contribution in [-0.2, 0) is 81.4 Å². The Morgan fingerprint density at radius 2 is 0.612 bits per heavy atom. The third-order valence-electron chi connectivity index (χ3n) is 28.3. The number of carbonyl (C=O) groups is 7. The van der Waals surface area contributed by atoms with Gasteiger partial charge in [0.15, 0.2) is 0 Å². The quantitative estimate of drug-likeness (QED) is 0.0347. The van der Waals surface area contributed by atoms with Crippen LogP contribution in [0.3, 0.4) is 0 Å². The molecule has 0 radical (unpaired) electrons. The van der Waals surface area contributed by atoms with E-state index in [1.54, 1.807) is 58.7 Å². The van der Waals surface area contributed by atoms with Gasteiger partial charge in [-0.1, -0.05) is 272 Å². The summed E-state index contributed by atoms with van der Waals surface area (Å²) >= 11 is 0. The van der Waals surface area contributed by atoms with Crippen molar-refractivity contribution in [1.29, 1.82) is 0 Å². The molecule has 0 atom stereocenters. The van der Waals surface area contributed by atoms with Crippen LogP contribution in [0.25, 0.3) is 0 Å². The fraction of sp³-hybridized carbons (Fsp3) is 0.471. The van der Waals surface area contributed by atoms with Crippen LogP contribution in [0.1, 0.15) is 363 Å². The highest BCUT2D eigenvalue weighted by Crippen LogP contribution is 2.61. The summed E-state index contributed by atoms with van der Waals surface area (Å²) in [6.07, 6.45) is 15.1. The van der Waals surface area contributed by atoms with Crippen molar-refractivity contribution in [2.45, 2.75) is 319 Å². The minimum atomic E-state index is -0.941. The van der Waals surface area contributed by atoms with Crippen molar-refractivity contribution in [3.63, 3.8) is 0 Å². The SMILES string of the molecule is CCC1(CC)c2ccc(C(=O)O)cc2C(CC)(CC)N1OC(C)=O.CCC1(CC)c2ccc(C)cc2C(CC)(CC)N1Cc1ccccc1.CCC1(CC)c2ccc(C)cc2C(CC)(CC)N1O.CCC1(CC)c2ccc(C)cc2C(CC)(CC)N1OC(C)=O.Cc1ccc2c(c1)C(=O)N(Cc1ccccc1)C2=O.Cc1ccc2c(c1)C(=O)OC2=O. The fourth-order valence-electron chi connectivity index (χ4n) is 21.2. The number of esters is 2. The van der Waals surface area contributed by atoms with Gasteiger partial charge in [0.1, 0.15) is 0 Å². The Hall–Kier alpha value is -9.75. The zero-order valence-electron chi connectivity index (χ0n) is 76.6. The molecule has 0 fully saturated rings. The van der Waals surface area contributed by atoms with E-state index in [0.717, 1.165) is 137 Å². The third-order valence-corrected chi connectivity index (χ3v) is 28.3. The van der Waals surface area contributed by atoms with E-state index in [4.69, 9.17) is 9.68 Å². The van der Waals surface area contributed by atoms with Gasteiger partial charge in [0.2, 0.25) is 0 Å². The van der Waals surface area contributed by atoms with Crippen molar-refractivity contribution in [3.05, 3.63) is 281 Å². The lowest BCUT2D eigenvalue weighted by Crippen LogP contribution is -2.51. The molecule has 8 aromatic rings. The number of amides is 2. The highest BCUT2D eigenvalue weighted by molar-refractivity contribution is 6.21. The number of cyclic esters (lactones) is 2. The van der Waals surface area contributed by atoms with Crippen LogP contribution in [0, 0.1) is 34.6 Å². The van der Waals surface area contributed by atoms with Gasteiger partial charge in [-0.05, 0) is 229 Å². The molecule has 8 aromatic carbocycles. The molecule has 14 rings (SSSR count). The molecule has 0 saturated heterocycles. The number of imide groups is 1. The van der Waals surface area contributed by atoms with Crippen molar-refractivity contribution in [2.24, 2.45) is 0 Å². The Bertz CT molecular complexity index is 5020. The Labute approximate surface area is 721 Å². The topological polar surface area (TPSA) is 204 Å². The second-order valence-corrected chi connectivity index (χ2v) is 33.7. The highest BCUT2D eigenvalue weighted by Gasteiger charge is 2.61. The van der Waals surface area contributed by atoms with Gasteiger partial charge in [0.25, 0.3) is 11.8 Å². The van der Waals surface area contributed by atoms with E-state index >= 15 is 0 Å². The van der Waals surface area contributed by atoms with E-state index in [0.29, 0.717) is 28.8 Å². The van der Waals surface area contributed by atoms with Gasteiger partial charge < -0.3 is 24.7 Å². The maximum absolute atomic E-state index is 12.3. The average Bonchev–Trinajstić information content (AvgIpc) is 1.57. The van der Waals surface area contributed by atoms with Crippen LogP contribution in [0.15, 0.2) is 170 Å². The zero-order chi connectivity index (χ0) is 89.1. The molecular weight excluding hydrogens is 1510 g/mol. The largest absolute Gasteiger partial charge is 0.478 e. The van der Waals surface area contributed by atoms with Gasteiger partial charge in [-0.3, -0.25) is 29.0 Å². The zero-order valence-corrected chi connectivity index (χ0v) is 76.6. The second kappa shape index (κ2) is 39.2. The number of hydroxylamine groups is 6. The Morgan fingerprint density at radius 3 is 1.01 bits per heavy atom. The van der Waals surface area contributed by atoms with Gasteiger partial charge in [0.05, 0.1) is 67.6 Å².